The molecule has 2 N–H and O–H groups in total. The van der Waals surface area contributed by atoms with Gasteiger partial charge in [-0.3, -0.25) is 9.69 Å². The number of hydrogen-bond acceptors (Lipinski definition) is 3. The maximum absolute atomic E-state index is 12.0. The minimum atomic E-state index is -0.0531. The minimum Gasteiger partial charge on any atom is -0.395 e. The van der Waals surface area contributed by atoms with E-state index in [1.165, 1.54) is 6.42 Å². The molecule has 104 valence electrons. The lowest BCUT2D eigenvalue weighted by atomic mass is 9.91. The van der Waals surface area contributed by atoms with Gasteiger partial charge in [-0.25, -0.2) is 0 Å². The largest absolute Gasteiger partial charge is 0.395 e. The van der Waals surface area contributed by atoms with Gasteiger partial charge >= 0.3 is 0 Å². The molecule has 4 nitrogen and oxygen atoms in total. The van der Waals surface area contributed by atoms with Crippen molar-refractivity contribution < 1.29 is 9.90 Å². The van der Waals surface area contributed by atoms with Gasteiger partial charge in [0.05, 0.1) is 13.2 Å². The highest BCUT2D eigenvalue weighted by Gasteiger charge is 2.25. The number of nitrogens with zero attached hydrogens (tertiary/aromatic N) is 1. The molecule has 0 spiro atoms. The number of carbonyl (C=O) groups is 1. The number of benzene rings is 1. The van der Waals surface area contributed by atoms with Crippen LogP contribution in [0.2, 0.25) is 5.02 Å². The Morgan fingerprint density at radius 3 is 2.58 bits per heavy atom. The molecule has 5 heteroatoms. The van der Waals surface area contributed by atoms with Gasteiger partial charge in [-0.2, -0.15) is 0 Å². The molecule has 0 unspecified atom stereocenters. The van der Waals surface area contributed by atoms with E-state index in [0.717, 1.165) is 18.5 Å². The summed E-state index contributed by atoms with van der Waals surface area (Å²) in [5.41, 5.74) is 0.743. The third-order valence-corrected chi connectivity index (χ3v) is 3.70. The standard InChI is InChI=1S/C14H19ClN2O2/c15-11-4-6-12(7-5-11)16-14(19)10-17(8-9-18)13-2-1-3-13/h4-7,13,18H,1-3,8-10H2,(H,16,19). The van der Waals surface area contributed by atoms with E-state index in [2.05, 4.69) is 10.2 Å². The highest BCUT2D eigenvalue weighted by molar-refractivity contribution is 6.30. The highest BCUT2D eigenvalue weighted by atomic mass is 35.5. The number of hydrogen-bond donors (Lipinski definition) is 2. The molecule has 0 aliphatic heterocycles. The Hall–Kier alpha value is -1.10. The molecule has 0 atom stereocenters. The van der Waals surface area contributed by atoms with Gasteiger partial charge < -0.3 is 10.4 Å². The number of halogens is 1. The van der Waals surface area contributed by atoms with E-state index in [1.807, 2.05) is 0 Å². The molecule has 1 aromatic rings. The van der Waals surface area contributed by atoms with E-state index in [9.17, 15) is 4.79 Å². The maximum Gasteiger partial charge on any atom is 0.238 e. The predicted octanol–water partition coefficient (Wildman–Crippen LogP) is 2.13. The van der Waals surface area contributed by atoms with Crippen molar-refractivity contribution in [3.8, 4) is 0 Å². The van der Waals surface area contributed by atoms with E-state index in [1.54, 1.807) is 24.3 Å². The van der Waals surface area contributed by atoms with Gasteiger partial charge in [0, 0.05) is 23.3 Å². The summed E-state index contributed by atoms with van der Waals surface area (Å²) in [5.74, 6) is -0.0531. The van der Waals surface area contributed by atoms with E-state index in [-0.39, 0.29) is 12.5 Å². The highest BCUT2D eigenvalue weighted by Crippen LogP contribution is 2.24. The van der Waals surface area contributed by atoms with Crippen LogP contribution in [0.4, 0.5) is 5.69 Å². The van der Waals surface area contributed by atoms with Crippen molar-refractivity contribution in [2.45, 2.75) is 25.3 Å². The van der Waals surface area contributed by atoms with Crippen LogP contribution in [0.1, 0.15) is 19.3 Å². The number of carbonyl (C=O) groups excluding carboxylic acids is 1. The van der Waals surface area contributed by atoms with Gasteiger partial charge in [0.2, 0.25) is 5.91 Å². The number of nitrogens with one attached hydrogen (secondary N) is 1. The second-order valence-corrected chi connectivity index (χ2v) is 5.27. The lowest BCUT2D eigenvalue weighted by molar-refractivity contribution is -0.118. The van der Waals surface area contributed by atoms with Gasteiger partial charge in [0.15, 0.2) is 0 Å². The van der Waals surface area contributed by atoms with Gasteiger partial charge in [0.1, 0.15) is 0 Å². The lowest BCUT2D eigenvalue weighted by Gasteiger charge is -2.36. The Kier molecular flexibility index (Phi) is 5.19. The first-order chi connectivity index (χ1) is 9.19. The normalized spacial score (nSPS) is 15.3. The van der Waals surface area contributed by atoms with Crippen molar-refractivity contribution in [3.05, 3.63) is 29.3 Å². The molecule has 1 amide bonds. The summed E-state index contributed by atoms with van der Waals surface area (Å²) < 4.78 is 0. The average Bonchev–Trinajstić information content (AvgIpc) is 2.30. The van der Waals surface area contributed by atoms with E-state index < -0.39 is 0 Å². The Balaban J connectivity index is 1.86. The first-order valence-corrected chi connectivity index (χ1v) is 6.97. The van der Waals surface area contributed by atoms with Crippen LogP contribution in [0.15, 0.2) is 24.3 Å². The molecule has 0 bridgehead atoms. The van der Waals surface area contributed by atoms with Crippen LogP contribution in [0.25, 0.3) is 0 Å². The van der Waals surface area contributed by atoms with Crippen molar-refractivity contribution in [1.82, 2.24) is 4.90 Å². The first kappa shape index (κ1) is 14.3. The van der Waals surface area contributed by atoms with Crippen molar-refractivity contribution in [3.63, 3.8) is 0 Å². The molecule has 1 aliphatic rings. The smallest absolute Gasteiger partial charge is 0.238 e. The molecule has 1 aromatic carbocycles. The number of aliphatic hydroxyl groups is 1. The van der Waals surface area contributed by atoms with Crippen LogP contribution in [0, 0.1) is 0 Å². The summed E-state index contributed by atoms with van der Waals surface area (Å²) in [6.07, 6.45) is 3.45. The van der Waals surface area contributed by atoms with Gasteiger partial charge in [0.25, 0.3) is 0 Å². The van der Waals surface area contributed by atoms with Crippen LogP contribution in [-0.4, -0.2) is 41.7 Å². The van der Waals surface area contributed by atoms with E-state index in [0.29, 0.717) is 24.2 Å². The summed E-state index contributed by atoms with van der Waals surface area (Å²) in [6.45, 7) is 0.970. The predicted molar refractivity (Wildman–Crippen MR) is 76.4 cm³/mol. The van der Waals surface area contributed by atoms with Gasteiger partial charge in [-0.15, -0.1) is 0 Å². The molecule has 1 saturated carbocycles. The number of rotatable bonds is 6. The molecule has 1 fully saturated rings. The average molecular weight is 283 g/mol. The Morgan fingerprint density at radius 2 is 2.05 bits per heavy atom. The second kappa shape index (κ2) is 6.89. The fraction of sp³-hybridized carbons (Fsp3) is 0.500. The molecular formula is C14H19ClN2O2. The van der Waals surface area contributed by atoms with Gasteiger partial charge in [-0.05, 0) is 37.1 Å². The Morgan fingerprint density at radius 1 is 1.37 bits per heavy atom. The first-order valence-electron chi connectivity index (χ1n) is 6.59. The molecular weight excluding hydrogens is 264 g/mol. The number of anilines is 1. The topological polar surface area (TPSA) is 52.6 Å². The molecule has 0 radical (unpaired) electrons. The van der Waals surface area contributed by atoms with Crippen molar-refractivity contribution in [2.75, 3.05) is 25.0 Å². The number of amides is 1. The summed E-state index contributed by atoms with van der Waals surface area (Å²) in [6, 6.07) is 7.49. The summed E-state index contributed by atoms with van der Waals surface area (Å²) >= 11 is 5.79. The summed E-state index contributed by atoms with van der Waals surface area (Å²) in [7, 11) is 0. The van der Waals surface area contributed by atoms with Gasteiger partial charge in [-0.1, -0.05) is 18.0 Å². The van der Waals surface area contributed by atoms with Crippen molar-refractivity contribution in [1.29, 1.82) is 0 Å². The second-order valence-electron chi connectivity index (χ2n) is 4.83. The molecule has 19 heavy (non-hydrogen) atoms. The Labute approximate surface area is 118 Å². The fourth-order valence-electron chi connectivity index (χ4n) is 2.19. The number of aliphatic hydroxyl groups excluding tert-OH is 1. The van der Waals surface area contributed by atoms with E-state index in [4.69, 9.17) is 16.7 Å². The van der Waals surface area contributed by atoms with E-state index >= 15 is 0 Å². The van der Waals surface area contributed by atoms with Crippen LogP contribution in [0.3, 0.4) is 0 Å². The lowest BCUT2D eigenvalue weighted by Crippen LogP contribution is -2.45. The monoisotopic (exact) mass is 282 g/mol. The van der Waals surface area contributed by atoms with Crippen LogP contribution in [0.5, 0.6) is 0 Å². The zero-order valence-corrected chi connectivity index (χ0v) is 11.6. The molecule has 0 aromatic heterocycles. The molecule has 0 heterocycles. The summed E-state index contributed by atoms with van der Waals surface area (Å²) in [5, 5.41) is 12.5. The third kappa shape index (κ3) is 4.20. The third-order valence-electron chi connectivity index (χ3n) is 3.45. The van der Waals surface area contributed by atoms with Crippen LogP contribution >= 0.6 is 11.6 Å². The van der Waals surface area contributed by atoms with Crippen molar-refractivity contribution in [2.24, 2.45) is 0 Å². The molecule has 2 rings (SSSR count). The Bertz CT molecular complexity index is 418. The fourth-order valence-corrected chi connectivity index (χ4v) is 2.32. The summed E-state index contributed by atoms with van der Waals surface area (Å²) in [4.78, 5) is 14.0. The zero-order valence-electron chi connectivity index (χ0n) is 10.8. The quantitative estimate of drug-likeness (QED) is 0.840. The van der Waals surface area contributed by atoms with Crippen LogP contribution in [-0.2, 0) is 4.79 Å². The molecule has 0 saturated heterocycles. The van der Waals surface area contributed by atoms with Crippen molar-refractivity contribution >= 4 is 23.2 Å². The zero-order chi connectivity index (χ0) is 13.7. The SMILES string of the molecule is O=C(CN(CCO)C1CCC1)Nc1ccc(Cl)cc1. The minimum absolute atomic E-state index is 0.0531. The molecule has 1 aliphatic carbocycles. The van der Waals surface area contributed by atoms with Crippen LogP contribution < -0.4 is 5.32 Å². The maximum atomic E-state index is 12.0.